The van der Waals surface area contributed by atoms with Gasteiger partial charge in [0.1, 0.15) is 11.9 Å². The number of guanidine groups is 1. The zero-order chi connectivity index (χ0) is 18.9. The van der Waals surface area contributed by atoms with Gasteiger partial charge in [-0.2, -0.15) is 4.98 Å². The monoisotopic (exact) mass is 491 g/mol. The molecule has 0 radical (unpaired) electrons. The highest BCUT2D eigenvalue weighted by Crippen LogP contribution is 2.12. The molecule has 1 aromatic carbocycles. The Labute approximate surface area is 176 Å². The molecule has 0 amide bonds. The van der Waals surface area contributed by atoms with E-state index >= 15 is 0 Å². The molecule has 0 aliphatic rings. The molecule has 1 aromatic heterocycles. The number of nitrogens with zero attached hydrogens (tertiary/aromatic N) is 3. The Bertz CT molecular complexity index is 738. The van der Waals surface area contributed by atoms with Gasteiger partial charge in [0.05, 0.1) is 6.54 Å². The second-order valence-corrected chi connectivity index (χ2v) is 5.82. The summed E-state index contributed by atoms with van der Waals surface area (Å²) in [5.41, 5.74) is 2.04. The van der Waals surface area contributed by atoms with Crippen molar-refractivity contribution in [1.29, 1.82) is 0 Å². The van der Waals surface area contributed by atoms with Gasteiger partial charge in [-0.05, 0) is 50.5 Å². The second kappa shape index (κ2) is 11.9. The number of ether oxygens (including phenoxy) is 1. The van der Waals surface area contributed by atoms with Crippen LogP contribution in [-0.2, 0) is 17.7 Å². The van der Waals surface area contributed by atoms with Crippen LogP contribution >= 0.6 is 24.0 Å². The van der Waals surface area contributed by atoms with Gasteiger partial charge in [-0.25, -0.2) is 4.39 Å². The van der Waals surface area contributed by atoms with E-state index in [4.69, 9.17) is 9.26 Å². The van der Waals surface area contributed by atoms with Crippen molar-refractivity contribution in [2.75, 3.05) is 20.2 Å². The summed E-state index contributed by atoms with van der Waals surface area (Å²) < 4.78 is 23.8. The average molecular weight is 491 g/mol. The number of nitrogens with one attached hydrogen (secondary N) is 2. The molecule has 0 bridgehead atoms. The summed E-state index contributed by atoms with van der Waals surface area (Å²) >= 11 is 0. The van der Waals surface area contributed by atoms with Gasteiger partial charge in [0.15, 0.2) is 11.8 Å². The van der Waals surface area contributed by atoms with E-state index in [-0.39, 0.29) is 35.9 Å². The van der Waals surface area contributed by atoms with Crippen molar-refractivity contribution < 1.29 is 13.7 Å². The van der Waals surface area contributed by atoms with Crippen LogP contribution in [0.15, 0.2) is 27.7 Å². The van der Waals surface area contributed by atoms with E-state index in [1.165, 1.54) is 6.07 Å². The van der Waals surface area contributed by atoms with Gasteiger partial charge in [0, 0.05) is 20.2 Å². The first kappa shape index (κ1) is 23.3. The van der Waals surface area contributed by atoms with Crippen molar-refractivity contribution in [2.24, 2.45) is 4.99 Å². The minimum absolute atomic E-state index is 0. The van der Waals surface area contributed by atoms with Crippen molar-refractivity contribution in [3.8, 4) is 0 Å². The van der Waals surface area contributed by atoms with Crippen LogP contribution in [0.1, 0.15) is 42.8 Å². The highest BCUT2D eigenvalue weighted by molar-refractivity contribution is 14.0. The summed E-state index contributed by atoms with van der Waals surface area (Å²) in [7, 11) is 1.69. The highest BCUT2D eigenvalue weighted by Gasteiger charge is 2.13. The summed E-state index contributed by atoms with van der Waals surface area (Å²) in [6.07, 6.45) is 0.567. The maximum absolute atomic E-state index is 13.1. The Balaban J connectivity index is 0.00000364. The Morgan fingerprint density at radius 2 is 2.15 bits per heavy atom. The lowest BCUT2D eigenvalue weighted by Crippen LogP contribution is -2.38. The van der Waals surface area contributed by atoms with Crippen LogP contribution in [0.25, 0.3) is 0 Å². The van der Waals surface area contributed by atoms with Crippen molar-refractivity contribution in [1.82, 2.24) is 20.8 Å². The Kier molecular flexibility index (Phi) is 10.2. The lowest BCUT2D eigenvalue weighted by molar-refractivity contribution is 0.0683. The SMILES string of the molecule is CCOC(C)c1noc(CNC(=NC)NCCc2ccc(F)cc2C)n1.I. The first-order valence-electron chi connectivity index (χ1n) is 8.67. The van der Waals surface area contributed by atoms with E-state index in [9.17, 15) is 4.39 Å². The zero-order valence-electron chi connectivity index (χ0n) is 16.1. The predicted molar refractivity (Wildman–Crippen MR) is 113 cm³/mol. The molecule has 0 saturated heterocycles. The van der Waals surface area contributed by atoms with Crippen LogP contribution in [-0.4, -0.2) is 36.3 Å². The quantitative estimate of drug-likeness (QED) is 0.336. The number of aliphatic imine (C=N–C) groups is 1. The largest absolute Gasteiger partial charge is 0.371 e. The molecule has 0 aliphatic heterocycles. The number of hydrogen-bond acceptors (Lipinski definition) is 5. The van der Waals surface area contributed by atoms with E-state index in [0.717, 1.165) is 17.5 Å². The molecule has 0 spiro atoms. The smallest absolute Gasteiger partial charge is 0.246 e. The third kappa shape index (κ3) is 7.41. The number of hydrogen-bond donors (Lipinski definition) is 2. The summed E-state index contributed by atoms with van der Waals surface area (Å²) in [5, 5.41) is 10.2. The van der Waals surface area contributed by atoms with Crippen molar-refractivity contribution in [2.45, 2.75) is 39.8 Å². The molecule has 150 valence electrons. The summed E-state index contributed by atoms with van der Waals surface area (Å²) in [4.78, 5) is 8.46. The van der Waals surface area contributed by atoms with Gasteiger partial charge in [0.2, 0.25) is 5.89 Å². The van der Waals surface area contributed by atoms with Gasteiger partial charge in [-0.1, -0.05) is 11.2 Å². The molecule has 2 N–H and O–H groups in total. The third-order valence-electron chi connectivity index (χ3n) is 3.89. The Morgan fingerprint density at radius 1 is 1.37 bits per heavy atom. The maximum atomic E-state index is 13.1. The zero-order valence-corrected chi connectivity index (χ0v) is 18.4. The van der Waals surface area contributed by atoms with E-state index in [1.54, 1.807) is 13.1 Å². The third-order valence-corrected chi connectivity index (χ3v) is 3.89. The second-order valence-electron chi connectivity index (χ2n) is 5.82. The van der Waals surface area contributed by atoms with Crippen LogP contribution in [0.4, 0.5) is 4.39 Å². The maximum Gasteiger partial charge on any atom is 0.246 e. The molecule has 0 saturated carbocycles. The molecule has 7 nitrogen and oxygen atoms in total. The molecule has 27 heavy (non-hydrogen) atoms. The molecule has 9 heteroatoms. The molecule has 2 aromatic rings. The number of rotatable bonds is 8. The van der Waals surface area contributed by atoms with Crippen molar-refractivity contribution in [3.63, 3.8) is 0 Å². The first-order chi connectivity index (χ1) is 12.5. The van der Waals surface area contributed by atoms with E-state index in [2.05, 4.69) is 25.8 Å². The van der Waals surface area contributed by atoms with E-state index in [0.29, 0.717) is 37.4 Å². The van der Waals surface area contributed by atoms with Gasteiger partial charge in [-0.15, -0.1) is 24.0 Å². The Hall–Kier alpha value is -1.75. The molecule has 1 unspecified atom stereocenters. The van der Waals surface area contributed by atoms with Crippen molar-refractivity contribution in [3.05, 3.63) is 46.9 Å². The standard InChI is InChI=1S/C18H26FN5O2.HI/c1-5-25-13(3)17-23-16(26-24-17)11-22-18(20-4)21-9-8-14-6-7-15(19)10-12(14)2;/h6-7,10,13H,5,8-9,11H2,1-4H3,(H2,20,21,22);1H. The molecule has 1 heterocycles. The summed E-state index contributed by atoms with van der Waals surface area (Å²) in [6.45, 7) is 7.32. The summed E-state index contributed by atoms with van der Waals surface area (Å²) in [6, 6.07) is 4.83. The minimum atomic E-state index is -0.214. The normalized spacial score (nSPS) is 12.4. The lowest BCUT2D eigenvalue weighted by atomic mass is 10.1. The molecule has 2 rings (SSSR count). The van der Waals surface area contributed by atoms with Crippen LogP contribution in [0, 0.1) is 12.7 Å². The number of halogens is 2. The number of aromatic nitrogens is 2. The van der Waals surface area contributed by atoms with Crippen LogP contribution in [0.5, 0.6) is 0 Å². The van der Waals surface area contributed by atoms with Crippen LogP contribution in [0.3, 0.4) is 0 Å². The molecular formula is C18H27FIN5O2. The molecule has 0 fully saturated rings. The lowest BCUT2D eigenvalue weighted by Gasteiger charge is -2.11. The topological polar surface area (TPSA) is 84.6 Å². The van der Waals surface area contributed by atoms with Gasteiger partial charge in [0.25, 0.3) is 0 Å². The molecular weight excluding hydrogens is 464 g/mol. The first-order valence-corrected chi connectivity index (χ1v) is 8.67. The minimum Gasteiger partial charge on any atom is -0.371 e. The van der Waals surface area contributed by atoms with Gasteiger partial charge >= 0.3 is 0 Å². The fourth-order valence-electron chi connectivity index (χ4n) is 2.46. The molecule has 1 atom stereocenters. The number of benzene rings is 1. The van der Waals surface area contributed by atoms with Crippen molar-refractivity contribution >= 4 is 29.9 Å². The Morgan fingerprint density at radius 3 is 2.81 bits per heavy atom. The highest BCUT2D eigenvalue weighted by atomic mass is 127. The van der Waals surface area contributed by atoms with E-state index < -0.39 is 0 Å². The fourth-order valence-corrected chi connectivity index (χ4v) is 2.46. The van der Waals surface area contributed by atoms with Crippen LogP contribution < -0.4 is 10.6 Å². The predicted octanol–water partition coefficient (Wildman–Crippen LogP) is 3.14. The number of aryl methyl sites for hydroxylation is 1. The summed E-state index contributed by atoms with van der Waals surface area (Å²) in [5.74, 6) is 1.40. The van der Waals surface area contributed by atoms with Gasteiger partial charge in [-0.3, -0.25) is 4.99 Å². The van der Waals surface area contributed by atoms with Crippen LogP contribution in [0.2, 0.25) is 0 Å². The molecule has 0 aliphatic carbocycles. The average Bonchev–Trinajstić information content (AvgIpc) is 3.09. The van der Waals surface area contributed by atoms with Gasteiger partial charge < -0.3 is 19.9 Å². The fraction of sp³-hybridized carbons (Fsp3) is 0.500. The van der Waals surface area contributed by atoms with E-state index in [1.807, 2.05) is 26.8 Å².